The SMILES string of the molecule is O=C1NCCc2cc(-c3cc(Br)cnc3[AsH2])ccc21. The summed E-state index contributed by atoms with van der Waals surface area (Å²) in [6, 6.07) is 8.10. The molecule has 1 aromatic heterocycles. The van der Waals surface area contributed by atoms with E-state index in [1.165, 1.54) is 16.9 Å². The molecule has 2 aromatic rings. The van der Waals surface area contributed by atoms with Crippen LogP contribution >= 0.6 is 15.9 Å². The molecule has 1 aliphatic rings. The molecule has 0 bridgehead atoms. The van der Waals surface area contributed by atoms with Gasteiger partial charge >= 0.3 is 128 Å². The number of hydrogen-bond donors (Lipinski definition) is 1. The van der Waals surface area contributed by atoms with Gasteiger partial charge in [0.25, 0.3) is 0 Å². The summed E-state index contributed by atoms with van der Waals surface area (Å²) >= 11 is 4.96. The summed E-state index contributed by atoms with van der Waals surface area (Å²) < 4.78 is 2.02. The Labute approximate surface area is 128 Å². The van der Waals surface area contributed by atoms with Crippen LogP contribution in [0.1, 0.15) is 15.9 Å². The summed E-state index contributed by atoms with van der Waals surface area (Å²) in [6.07, 6.45) is 2.70. The number of fused-ring (bicyclic) bond motifs is 1. The van der Waals surface area contributed by atoms with Crippen LogP contribution in [0.4, 0.5) is 0 Å². The van der Waals surface area contributed by atoms with Gasteiger partial charge < -0.3 is 0 Å². The molecule has 0 radical (unpaired) electrons. The normalized spacial score (nSPS) is 13.9. The van der Waals surface area contributed by atoms with Crippen LogP contribution in [0, 0.1) is 0 Å². The average molecular weight is 379 g/mol. The monoisotopic (exact) mass is 378 g/mol. The molecular formula is C14H12AsBrN2O. The minimum atomic E-state index is 0.0288. The second kappa shape index (κ2) is 5.10. The Hall–Kier alpha value is -1.12. The Kier molecular flexibility index (Phi) is 3.46. The van der Waals surface area contributed by atoms with Crippen molar-refractivity contribution in [2.75, 3.05) is 6.54 Å². The average Bonchev–Trinajstić information content (AvgIpc) is 2.41. The Balaban J connectivity index is 2.11. The van der Waals surface area contributed by atoms with E-state index in [0.29, 0.717) is 0 Å². The summed E-state index contributed by atoms with van der Waals surface area (Å²) in [5.74, 6) is 0.0288. The molecule has 0 aliphatic carbocycles. The van der Waals surface area contributed by atoms with Crippen molar-refractivity contribution < 1.29 is 4.79 Å². The topological polar surface area (TPSA) is 42.0 Å². The number of rotatable bonds is 1. The van der Waals surface area contributed by atoms with Crippen molar-refractivity contribution in [3.8, 4) is 11.1 Å². The first-order chi connectivity index (χ1) is 9.15. The summed E-state index contributed by atoms with van der Waals surface area (Å²) in [6.45, 7) is 0.717. The molecule has 0 saturated heterocycles. The molecule has 3 rings (SSSR count). The maximum atomic E-state index is 11.7. The van der Waals surface area contributed by atoms with Crippen molar-refractivity contribution in [1.29, 1.82) is 0 Å². The van der Waals surface area contributed by atoms with Crippen LogP contribution in [0.3, 0.4) is 0 Å². The van der Waals surface area contributed by atoms with E-state index in [1.54, 1.807) is 0 Å². The quantitative estimate of drug-likeness (QED) is 0.754. The van der Waals surface area contributed by atoms with Crippen LogP contribution in [0.5, 0.6) is 0 Å². The Morgan fingerprint density at radius 3 is 2.95 bits per heavy atom. The number of pyridine rings is 1. The Bertz CT molecular complexity index is 672. The first-order valence-corrected chi connectivity index (χ1v) is 7.98. The van der Waals surface area contributed by atoms with Crippen LogP contribution in [0.2, 0.25) is 0 Å². The number of nitrogens with zero attached hydrogens (tertiary/aromatic N) is 1. The van der Waals surface area contributed by atoms with Gasteiger partial charge in [-0.1, -0.05) is 0 Å². The van der Waals surface area contributed by atoms with Crippen molar-refractivity contribution in [2.45, 2.75) is 6.42 Å². The van der Waals surface area contributed by atoms with Crippen LogP contribution in [-0.4, -0.2) is 34.3 Å². The zero-order valence-electron chi connectivity index (χ0n) is 10.1. The molecule has 1 unspecified atom stereocenters. The van der Waals surface area contributed by atoms with Crippen LogP contribution in [0.25, 0.3) is 11.1 Å². The summed E-state index contributed by atoms with van der Waals surface area (Å²) in [7, 11) is 0. The van der Waals surface area contributed by atoms with Crippen molar-refractivity contribution in [3.05, 3.63) is 46.1 Å². The number of aromatic nitrogens is 1. The fourth-order valence-electron chi connectivity index (χ4n) is 2.28. The van der Waals surface area contributed by atoms with Gasteiger partial charge in [-0.15, -0.1) is 0 Å². The molecular weight excluding hydrogens is 367 g/mol. The predicted molar refractivity (Wildman–Crippen MR) is 81.6 cm³/mol. The number of carbonyl (C=O) groups is 1. The number of hydrogen-bond acceptors (Lipinski definition) is 2. The van der Waals surface area contributed by atoms with Gasteiger partial charge in [0.15, 0.2) is 0 Å². The molecule has 0 spiro atoms. The Morgan fingerprint density at radius 1 is 1.26 bits per heavy atom. The first kappa shape index (κ1) is 12.9. The third kappa shape index (κ3) is 2.47. The fourth-order valence-corrected chi connectivity index (χ4v) is 3.29. The molecule has 1 N–H and O–H groups in total. The molecule has 1 aromatic carbocycles. The molecule has 2 heterocycles. The molecule has 0 fully saturated rings. The standard InChI is InChI=1S/C14H12AsBrN2O/c15-13-12(6-10(16)7-18-13)8-1-2-11-9(5-8)3-4-17-14(11)19/h1-2,5-7H,3-4,15H2,(H,17,19). The second-order valence-electron chi connectivity index (χ2n) is 4.46. The van der Waals surface area contributed by atoms with E-state index in [1.807, 2.05) is 18.3 Å². The number of carbonyl (C=O) groups excluding carboxylic acids is 1. The number of amides is 1. The summed E-state index contributed by atoms with van der Waals surface area (Å²) in [5.41, 5.74) is 4.17. The second-order valence-corrected chi connectivity index (χ2v) is 6.53. The molecule has 0 saturated carbocycles. The minimum absolute atomic E-state index is 0.0288. The number of halogens is 1. The van der Waals surface area contributed by atoms with Crippen LogP contribution in [-0.2, 0) is 6.42 Å². The predicted octanol–water partition coefficient (Wildman–Crippen LogP) is 1.06. The van der Waals surface area contributed by atoms with Gasteiger partial charge in [-0.2, -0.15) is 0 Å². The molecule has 3 nitrogen and oxygen atoms in total. The van der Waals surface area contributed by atoms with Gasteiger partial charge in [0.1, 0.15) is 0 Å². The zero-order chi connectivity index (χ0) is 13.4. The van der Waals surface area contributed by atoms with E-state index in [-0.39, 0.29) is 5.91 Å². The maximum absolute atomic E-state index is 11.7. The zero-order valence-corrected chi connectivity index (χ0v) is 14.1. The summed E-state index contributed by atoms with van der Waals surface area (Å²) in [4.78, 5) is 16.1. The van der Waals surface area contributed by atoms with E-state index in [0.717, 1.165) is 44.2 Å². The summed E-state index contributed by atoms with van der Waals surface area (Å²) in [5, 5.41) is 2.86. The molecule has 19 heavy (non-hydrogen) atoms. The van der Waals surface area contributed by atoms with Crippen molar-refractivity contribution in [2.24, 2.45) is 0 Å². The van der Waals surface area contributed by atoms with Gasteiger partial charge in [-0.05, 0) is 0 Å². The van der Waals surface area contributed by atoms with E-state index in [9.17, 15) is 4.79 Å². The third-order valence-electron chi connectivity index (χ3n) is 3.23. The van der Waals surface area contributed by atoms with Gasteiger partial charge in [0.05, 0.1) is 0 Å². The molecule has 1 amide bonds. The fraction of sp³-hybridized carbons (Fsp3) is 0.143. The van der Waals surface area contributed by atoms with Crippen molar-refractivity contribution in [1.82, 2.24) is 10.3 Å². The van der Waals surface area contributed by atoms with Gasteiger partial charge in [-0.25, -0.2) is 0 Å². The van der Waals surface area contributed by atoms with Crippen molar-refractivity contribution in [3.63, 3.8) is 0 Å². The van der Waals surface area contributed by atoms with E-state index >= 15 is 0 Å². The van der Waals surface area contributed by atoms with E-state index in [4.69, 9.17) is 0 Å². The number of nitrogens with one attached hydrogen (secondary N) is 1. The molecule has 1 aliphatic heterocycles. The Morgan fingerprint density at radius 2 is 2.11 bits per heavy atom. The van der Waals surface area contributed by atoms with Crippen LogP contribution < -0.4 is 9.80 Å². The van der Waals surface area contributed by atoms with Crippen molar-refractivity contribution >= 4 is 43.2 Å². The first-order valence-electron chi connectivity index (χ1n) is 5.97. The number of benzene rings is 1. The molecule has 1 atom stereocenters. The van der Waals surface area contributed by atoms with Gasteiger partial charge in [0.2, 0.25) is 0 Å². The van der Waals surface area contributed by atoms with Gasteiger partial charge in [0, 0.05) is 0 Å². The van der Waals surface area contributed by atoms with E-state index < -0.39 is 0 Å². The molecule has 5 heteroatoms. The third-order valence-corrected chi connectivity index (χ3v) is 4.62. The van der Waals surface area contributed by atoms with Crippen LogP contribution in [0.15, 0.2) is 34.9 Å². The van der Waals surface area contributed by atoms with E-state index in [2.05, 4.69) is 38.4 Å². The molecule has 96 valence electrons. The van der Waals surface area contributed by atoms with Gasteiger partial charge in [-0.3, -0.25) is 0 Å².